The van der Waals surface area contributed by atoms with Crippen LogP contribution in [0.15, 0.2) is 76.9 Å². The van der Waals surface area contributed by atoms with Crippen LogP contribution in [0.1, 0.15) is 35.4 Å². The summed E-state index contributed by atoms with van der Waals surface area (Å²) in [5.74, 6) is -0.550. The summed E-state index contributed by atoms with van der Waals surface area (Å²) in [6.07, 6.45) is 1.52. The number of hydrogen-bond acceptors (Lipinski definition) is 5. The van der Waals surface area contributed by atoms with Crippen molar-refractivity contribution in [3.63, 3.8) is 0 Å². The van der Waals surface area contributed by atoms with Gasteiger partial charge >= 0.3 is 0 Å². The highest BCUT2D eigenvalue weighted by Gasteiger charge is 2.47. The number of benzene rings is 2. The Morgan fingerprint density at radius 2 is 1.81 bits per heavy atom. The van der Waals surface area contributed by atoms with E-state index in [0.717, 1.165) is 5.56 Å². The third kappa shape index (κ3) is 3.84. The maximum Gasteiger partial charge on any atom is 0.296 e. The number of aliphatic hydroxyl groups excluding tert-OH is 1. The molecule has 2 aromatic carbocycles. The van der Waals surface area contributed by atoms with Crippen LogP contribution in [0.2, 0.25) is 0 Å². The Balaban J connectivity index is 1.90. The quantitative estimate of drug-likeness (QED) is 0.360. The number of ether oxygens (including phenoxy) is 1. The summed E-state index contributed by atoms with van der Waals surface area (Å²) in [4.78, 5) is 27.5. The van der Waals surface area contributed by atoms with Gasteiger partial charge in [0.15, 0.2) is 0 Å². The topological polar surface area (TPSA) is 80.0 Å². The minimum Gasteiger partial charge on any atom is -0.507 e. The molecule has 0 bridgehead atoms. The van der Waals surface area contributed by atoms with Gasteiger partial charge in [-0.25, -0.2) is 0 Å². The standard InChI is InChI=1S/C25H23NO5/c1-3-30-20-9-5-4-8-19(20)22-21(23(27)17-12-10-16(2)11-13-17)24(28)25(29)26(22)15-18-7-6-14-31-18/h4-14,22,27H,3,15H2,1-2H3/b23-21-. The van der Waals surface area contributed by atoms with Crippen molar-refractivity contribution in [1.29, 1.82) is 0 Å². The molecule has 1 aromatic heterocycles. The van der Waals surface area contributed by atoms with Crippen molar-refractivity contribution in [2.45, 2.75) is 26.4 Å². The Morgan fingerprint density at radius 1 is 1.06 bits per heavy atom. The molecule has 1 fully saturated rings. The van der Waals surface area contributed by atoms with Gasteiger partial charge in [-0.3, -0.25) is 9.59 Å². The van der Waals surface area contributed by atoms with Crippen molar-refractivity contribution >= 4 is 17.4 Å². The van der Waals surface area contributed by atoms with Crippen LogP contribution in [-0.2, 0) is 16.1 Å². The SMILES string of the molecule is CCOc1ccccc1C1/C(=C(/O)c2ccc(C)cc2)C(=O)C(=O)N1Cc1ccco1. The zero-order valence-corrected chi connectivity index (χ0v) is 17.4. The second kappa shape index (κ2) is 8.52. The molecule has 1 amide bonds. The molecule has 3 aromatic rings. The predicted octanol–water partition coefficient (Wildman–Crippen LogP) is 4.61. The molecule has 1 aliphatic heterocycles. The number of amides is 1. The fourth-order valence-electron chi connectivity index (χ4n) is 3.80. The summed E-state index contributed by atoms with van der Waals surface area (Å²) < 4.78 is 11.2. The highest BCUT2D eigenvalue weighted by Crippen LogP contribution is 2.43. The van der Waals surface area contributed by atoms with Gasteiger partial charge in [0, 0.05) is 11.1 Å². The van der Waals surface area contributed by atoms with Crippen molar-refractivity contribution in [1.82, 2.24) is 4.90 Å². The number of aryl methyl sites for hydroxylation is 1. The van der Waals surface area contributed by atoms with Crippen molar-refractivity contribution in [3.05, 3.63) is 95.0 Å². The van der Waals surface area contributed by atoms with Crippen LogP contribution < -0.4 is 4.74 Å². The summed E-state index contributed by atoms with van der Waals surface area (Å²) in [6, 6.07) is 17.0. The highest BCUT2D eigenvalue weighted by atomic mass is 16.5. The fourth-order valence-corrected chi connectivity index (χ4v) is 3.80. The first-order chi connectivity index (χ1) is 15.0. The number of aliphatic hydroxyl groups is 1. The van der Waals surface area contributed by atoms with E-state index in [9.17, 15) is 14.7 Å². The second-order valence-electron chi connectivity index (χ2n) is 7.34. The Hall–Kier alpha value is -3.80. The van der Waals surface area contributed by atoms with E-state index in [0.29, 0.717) is 29.2 Å². The van der Waals surface area contributed by atoms with Gasteiger partial charge in [-0.1, -0.05) is 48.0 Å². The Morgan fingerprint density at radius 3 is 2.48 bits per heavy atom. The van der Waals surface area contributed by atoms with Crippen LogP contribution >= 0.6 is 0 Å². The Kier molecular flexibility index (Phi) is 5.62. The number of Topliss-reactive ketones (excluding diaryl/α,β-unsaturated/α-hetero) is 1. The molecular formula is C25H23NO5. The molecule has 158 valence electrons. The van der Waals surface area contributed by atoms with Gasteiger partial charge in [-0.15, -0.1) is 0 Å². The van der Waals surface area contributed by atoms with Gasteiger partial charge in [0.1, 0.15) is 17.3 Å². The molecule has 1 saturated heterocycles. The van der Waals surface area contributed by atoms with Crippen molar-refractivity contribution in [2.75, 3.05) is 6.61 Å². The molecule has 1 unspecified atom stereocenters. The van der Waals surface area contributed by atoms with Gasteiger partial charge in [-0.2, -0.15) is 0 Å². The lowest BCUT2D eigenvalue weighted by atomic mass is 9.94. The third-order valence-corrected chi connectivity index (χ3v) is 5.28. The minimum absolute atomic E-state index is 0.0348. The maximum atomic E-state index is 13.1. The maximum absolute atomic E-state index is 13.1. The lowest BCUT2D eigenvalue weighted by Crippen LogP contribution is -2.29. The fraction of sp³-hybridized carbons (Fsp3) is 0.200. The molecule has 1 N–H and O–H groups in total. The van der Waals surface area contributed by atoms with Crippen LogP contribution in [0.25, 0.3) is 5.76 Å². The molecule has 1 atom stereocenters. The lowest BCUT2D eigenvalue weighted by molar-refractivity contribution is -0.140. The van der Waals surface area contributed by atoms with E-state index < -0.39 is 17.7 Å². The third-order valence-electron chi connectivity index (χ3n) is 5.28. The summed E-state index contributed by atoms with van der Waals surface area (Å²) >= 11 is 0. The van der Waals surface area contributed by atoms with E-state index in [1.807, 2.05) is 38.1 Å². The number of carbonyl (C=O) groups excluding carboxylic acids is 2. The average molecular weight is 417 g/mol. The lowest BCUT2D eigenvalue weighted by Gasteiger charge is -2.26. The first-order valence-corrected chi connectivity index (χ1v) is 10.1. The molecule has 2 heterocycles. The van der Waals surface area contributed by atoms with Crippen LogP contribution in [-0.4, -0.2) is 28.3 Å². The molecule has 0 aliphatic carbocycles. The molecule has 6 heteroatoms. The minimum atomic E-state index is -0.811. The zero-order chi connectivity index (χ0) is 22.0. The first-order valence-electron chi connectivity index (χ1n) is 10.1. The van der Waals surface area contributed by atoms with E-state index in [4.69, 9.17) is 9.15 Å². The van der Waals surface area contributed by atoms with Crippen molar-refractivity contribution in [3.8, 4) is 5.75 Å². The van der Waals surface area contributed by atoms with Crippen LogP contribution in [0, 0.1) is 6.92 Å². The summed E-state index contributed by atoms with van der Waals surface area (Å²) in [5.41, 5.74) is 2.16. The molecule has 31 heavy (non-hydrogen) atoms. The number of furan rings is 1. The molecule has 4 rings (SSSR count). The van der Waals surface area contributed by atoms with E-state index in [-0.39, 0.29) is 17.9 Å². The second-order valence-corrected chi connectivity index (χ2v) is 7.34. The van der Waals surface area contributed by atoms with Crippen LogP contribution in [0.5, 0.6) is 5.75 Å². The zero-order valence-electron chi connectivity index (χ0n) is 17.4. The average Bonchev–Trinajstić information content (AvgIpc) is 3.37. The van der Waals surface area contributed by atoms with E-state index in [2.05, 4.69) is 0 Å². The van der Waals surface area contributed by atoms with Gasteiger partial charge in [-0.05, 0) is 32.0 Å². The van der Waals surface area contributed by atoms with Crippen molar-refractivity contribution in [2.24, 2.45) is 0 Å². The largest absolute Gasteiger partial charge is 0.507 e. The van der Waals surface area contributed by atoms with Gasteiger partial charge < -0.3 is 19.2 Å². The van der Waals surface area contributed by atoms with E-state index in [1.54, 1.807) is 36.4 Å². The van der Waals surface area contributed by atoms with Crippen molar-refractivity contribution < 1.29 is 23.8 Å². The molecule has 0 saturated carbocycles. The number of hydrogen-bond donors (Lipinski definition) is 1. The number of nitrogens with zero attached hydrogens (tertiary/aromatic N) is 1. The van der Waals surface area contributed by atoms with Crippen LogP contribution in [0.3, 0.4) is 0 Å². The normalized spacial score (nSPS) is 17.9. The van der Waals surface area contributed by atoms with Gasteiger partial charge in [0.05, 0.1) is 31.0 Å². The predicted molar refractivity (Wildman–Crippen MR) is 115 cm³/mol. The molecule has 6 nitrogen and oxygen atoms in total. The van der Waals surface area contributed by atoms with E-state index in [1.165, 1.54) is 11.2 Å². The Bertz CT molecular complexity index is 1130. The molecular weight excluding hydrogens is 394 g/mol. The number of carbonyl (C=O) groups is 2. The monoisotopic (exact) mass is 417 g/mol. The molecule has 0 spiro atoms. The smallest absolute Gasteiger partial charge is 0.296 e. The number of ketones is 1. The summed E-state index contributed by atoms with van der Waals surface area (Å²) in [7, 11) is 0. The number of para-hydroxylation sites is 1. The number of rotatable bonds is 6. The summed E-state index contributed by atoms with van der Waals surface area (Å²) in [6.45, 7) is 4.31. The van der Waals surface area contributed by atoms with Gasteiger partial charge in [0.2, 0.25) is 0 Å². The molecule has 0 radical (unpaired) electrons. The number of likely N-dealkylation sites (tertiary alicyclic amines) is 1. The summed E-state index contributed by atoms with van der Waals surface area (Å²) in [5, 5.41) is 11.1. The Labute approximate surface area is 180 Å². The highest BCUT2D eigenvalue weighted by molar-refractivity contribution is 6.46. The first kappa shape index (κ1) is 20.5. The van der Waals surface area contributed by atoms with Gasteiger partial charge in [0.25, 0.3) is 11.7 Å². The van der Waals surface area contributed by atoms with Crippen LogP contribution in [0.4, 0.5) is 0 Å². The molecule has 1 aliphatic rings. The van der Waals surface area contributed by atoms with E-state index >= 15 is 0 Å².